The van der Waals surface area contributed by atoms with Crippen molar-refractivity contribution in [1.29, 1.82) is 10.5 Å². The van der Waals surface area contributed by atoms with Gasteiger partial charge in [0.25, 0.3) is 0 Å². The third kappa shape index (κ3) is 11.3. The molecular weight excluding hydrogens is 584 g/mol. The number of nitriles is 2. The van der Waals surface area contributed by atoms with Crippen molar-refractivity contribution in [1.82, 2.24) is 0 Å². The lowest BCUT2D eigenvalue weighted by Gasteiger charge is -2.06. The molecule has 47 heavy (non-hydrogen) atoms. The Labute approximate surface area is 277 Å². The zero-order chi connectivity index (χ0) is 33.4. The Kier molecular flexibility index (Phi) is 12.9. The summed E-state index contributed by atoms with van der Waals surface area (Å²) in [4.78, 5) is 24.6. The minimum Gasteiger partial charge on any atom is -0.427 e. The summed E-state index contributed by atoms with van der Waals surface area (Å²) in [5, 5.41) is 19.1. The number of esters is 2. The maximum atomic E-state index is 12.3. The maximum Gasteiger partial charge on any atom is 0.311 e. The first-order chi connectivity index (χ1) is 22.8. The summed E-state index contributed by atoms with van der Waals surface area (Å²) in [6.45, 7) is 4.01. The van der Waals surface area contributed by atoms with Gasteiger partial charge < -0.3 is 9.47 Å². The van der Waals surface area contributed by atoms with Gasteiger partial charge in [0, 0.05) is 12.8 Å². The number of allylic oxidation sites excluding steroid dienone is 2. The number of ether oxygens (including phenoxy) is 2. The van der Waals surface area contributed by atoms with Crippen LogP contribution in [0.3, 0.4) is 0 Å². The summed E-state index contributed by atoms with van der Waals surface area (Å²) in [6, 6.07) is 34.3. The molecule has 0 saturated carbocycles. The largest absolute Gasteiger partial charge is 0.427 e. The molecular formula is C41H38N2O4. The van der Waals surface area contributed by atoms with E-state index in [0.717, 1.165) is 52.6 Å². The second kappa shape index (κ2) is 17.7. The quantitative estimate of drug-likeness (QED) is 0.0456. The normalized spacial score (nSPS) is 11.3. The van der Waals surface area contributed by atoms with Gasteiger partial charge in [-0.3, -0.25) is 9.59 Å². The molecule has 0 unspecified atom stereocenters. The van der Waals surface area contributed by atoms with E-state index in [2.05, 4.69) is 12.1 Å². The van der Waals surface area contributed by atoms with E-state index in [1.807, 2.05) is 98.8 Å². The molecule has 0 saturated heterocycles. The molecule has 0 radical (unpaired) electrons. The zero-order valence-corrected chi connectivity index (χ0v) is 26.9. The summed E-state index contributed by atoms with van der Waals surface area (Å²) in [5.74, 6) is 0.379. The lowest BCUT2D eigenvalue weighted by atomic mass is 10.0. The molecule has 0 fully saturated rings. The number of carbonyl (C=O) groups excluding carboxylic acids is 2. The average Bonchev–Trinajstić information content (AvgIpc) is 3.08. The molecule has 236 valence electrons. The fraction of sp³-hybridized carbons (Fsp3) is 0.220. The summed E-state index contributed by atoms with van der Waals surface area (Å²) in [5.41, 5.74) is 6.81. The third-order valence-corrected chi connectivity index (χ3v) is 7.57. The van der Waals surface area contributed by atoms with Crippen LogP contribution in [0.4, 0.5) is 0 Å². The van der Waals surface area contributed by atoms with Crippen molar-refractivity contribution < 1.29 is 19.1 Å². The van der Waals surface area contributed by atoms with Crippen LogP contribution in [0.25, 0.3) is 23.3 Å². The van der Waals surface area contributed by atoms with Crippen molar-refractivity contribution in [2.24, 2.45) is 0 Å². The topological polar surface area (TPSA) is 100 Å². The molecule has 0 N–H and O–H groups in total. The fourth-order valence-corrected chi connectivity index (χ4v) is 4.86. The molecule has 4 aromatic carbocycles. The molecule has 0 aromatic heterocycles. The van der Waals surface area contributed by atoms with Crippen LogP contribution in [0.5, 0.6) is 11.5 Å². The number of hydrogen-bond donors (Lipinski definition) is 0. The number of rotatable bonds is 14. The minimum atomic E-state index is -0.283. The van der Waals surface area contributed by atoms with E-state index in [4.69, 9.17) is 9.47 Å². The predicted octanol–water partition coefficient (Wildman–Crippen LogP) is 9.67. The van der Waals surface area contributed by atoms with Gasteiger partial charge in [-0.2, -0.15) is 10.5 Å². The van der Waals surface area contributed by atoms with E-state index in [1.54, 1.807) is 24.3 Å². The summed E-state index contributed by atoms with van der Waals surface area (Å²) in [6.07, 6.45) is 8.34. The predicted molar refractivity (Wildman–Crippen MR) is 186 cm³/mol. The molecule has 4 aromatic rings. The second-order valence-electron chi connectivity index (χ2n) is 11.4. The molecule has 0 bridgehead atoms. The molecule has 6 heteroatoms. The van der Waals surface area contributed by atoms with Crippen LogP contribution in [0.1, 0.15) is 78.3 Å². The van der Waals surface area contributed by atoms with Crippen LogP contribution in [-0.4, -0.2) is 11.9 Å². The van der Waals surface area contributed by atoms with E-state index < -0.39 is 0 Å². The first-order valence-corrected chi connectivity index (χ1v) is 15.8. The fourth-order valence-electron chi connectivity index (χ4n) is 4.86. The SMILES string of the molecule is Cc1ccc(/C(C#N)=C/c2ccc(OC(=O)CCCCCCCC(=O)Oc3ccc(/C=C(/C#N)c4ccc(C)cc4)cc3)cc2)cc1. The smallest absolute Gasteiger partial charge is 0.311 e. The van der Waals surface area contributed by atoms with Crippen LogP contribution >= 0.6 is 0 Å². The third-order valence-electron chi connectivity index (χ3n) is 7.57. The second-order valence-corrected chi connectivity index (χ2v) is 11.4. The number of carbonyl (C=O) groups is 2. The van der Waals surface area contributed by atoms with E-state index in [9.17, 15) is 20.1 Å². The van der Waals surface area contributed by atoms with Crippen molar-refractivity contribution in [3.8, 4) is 23.6 Å². The van der Waals surface area contributed by atoms with Crippen LogP contribution in [0.15, 0.2) is 97.1 Å². The first-order valence-electron chi connectivity index (χ1n) is 15.8. The van der Waals surface area contributed by atoms with E-state index in [0.29, 0.717) is 48.3 Å². The Balaban J connectivity index is 1.10. The molecule has 0 atom stereocenters. The standard InChI is InChI=1S/C41H38N2O4/c1-30-10-18-34(19-11-30)36(28-42)26-32-14-22-38(23-15-32)46-40(44)8-6-4-3-5-7-9-41(45)47-39-24-16-33(17-25-39)27-37(29-43)35-20-12-31(2)13-21-35/h10-27H,3-9H2,1-2H3/b36-26-,37-27+. The summed E-state index contributed by atoms with van der Waals surface area (Å²) < 4.78 is 10.9. The summed E-state index contributed by atoms with van der Waals surface area (Å²) in [7, 11) is 0. The average molecular weight is 623 g/mol. The highest BCUT2D eigenvalue weighted by Crippen LogP contribution is 2.22. The van der Waals surface area contributed by atoms with E-state index >= 15 is 0 Å². The summed E-state index contributed by atoms with van der Waals surface area (Å²) >= 11 is 0. The monoisotopic (exact) mass is 622 g/mol. The minimum absolute atomic E-state index is 0.283. The van der Waals surface area contributed by atoms with Crippen LogP contribution in [0, 0.1) is 36.5 Å². The van der Waals surface area contributed by atoms with Crippen molar-refractivity contribution in [2.75, 3.05) is 0 Å². The highest BCUT2D eigenvalue weighted by Gasteiger charge is 2.08. The lowest BCUT2D eigenvalue weighted by molar-refractivity contribution is -0.135. The molecule has 0 heterocycles. The molecule has 0 aliphatic rings. The van der Waals surface area contributed by atoms with Gasteiger partial charge in [-0.1, -0.05) is 103 Å². The van der Waals surface area contributed by atoms with Gasteiger partial charge in [0.1, 0.15) is 11.5 Å². The molecule has 6 nitrogen and oxygen atoms in total. The van der Waals surface area contributed by atoms with Crippen LogP contribution in [0.2, 0.25) is 0 Å². The molecule has 0 spiro atoms. The van der Waals surface area contributed by atoms with Crippen molar-refractivity contribution in [2.45, 2.75) is 58.8 Å². The van der Waals surface area contributed by atoms with Crippen LogP contribution < -0.4 is 9.47 Å². The molecule has 4 rings (SSSR count). The van der Waals surface area contributed by atoms with Crippen molar-refractivity contribution in [3.63, 3.8) is 0 Å². The number of aryl methyl sites for hydroxylation is 2. The van der Waals surface area contributed by atoms with Crippen molar-refractivity contribution in [3.05, 3.63) is 130 Å². The Morgan fingerprint density at radius 3 is 1.21 bits per heavy atom. The Hall–Kier alpha value is -5.72. The molecule has 0 aliphatic carbocycles. The Bertz CT molecular complexity index is 1650. The number of nitrogens with zero attached hydrogens (tertiary/aromatic N) is 2. The molecule has 0 amide bonds. The Morgan fingerprint density at radius 2 is 0.872 bits per heavy atom. The van der Waals surface area contributed by atoms with Gasteiger partial charge in [0.05, 0.1) is 23.3 Å². The molecule has 0 aliphatic heterocycles. The van der Waals surface area contributed by atoms with E-state index in [1.165, 1.54) is 0 Å². The first kappa shape index (κ1) is 34.2. The van der Waals surface area contributed by atoms with Gasteiger partial charge >= 0.3 is 11.9 Å². The van der Waals surface area contributed by atoms with Gasteiger partial charge in [-0.25, -0.2) is 0 Å². The highest BCUT2D eigenvalue weighted by molar-refractivity contribution is 5.90. The number of hydrogen-bond acceptors (Lipinski definition) is 6. The van der Waals surface area contributed by atoms with Gasteiger partial charge in [-0.05, 0) is 85.4 Å². The Morgan fingerprint density at radius 1 is 0.532 bits per heavy atom. The van der Waals surface area contributed by atoms with Gasteiger partial charge in [0.2, 0.25) is 0 Å². The highest BCUT2D eigenvalue weighted by atomic mass is 16.5. The van der Waals surface area contributed by atoms with E-state index in [-0.39, 0.29) is 11.9 Å². The van der Waals surface area contributed by atoms with Gasteiger partial charge in [0.15, 0.2) is 0 Å². The van der Waals surface area contributed by atoms with Crippen LogP contribution in [-0.2, 0) is 9.59 Å². The van der Waals surface area contributed by atoms with Crippen molar-refractivity contribution >= 4 is 35.2 Å². The zero-order valence-electron chi connectivity index (χ0n) is 26.9. The lowest BCUT2D eigenvalue weighted by Crippen LogP contribution is -2.08. The number of unbranched alkanes of at least 4 members (excludes halogenated alkanes) is 4. The van der Waals surface area contributed by atoms with Gasteiger partial charge in [-0.15, -0.1) is 0 Å². The maximum absolute atomic E-state index is 12.3. The number of benzene rings is 4.